The maximum Gasteiger partial charge on any atom is 0.258 e. The first-order valence-corrected chi connectivity index (χ1v) is 9.34. The number of aryl methyl sites for hydroxylation is 1. The quantitative estimate of drug-likeness (QED) is 0.529. The van der Waals surface area contributed by atoms with Crippen LogP contribution in [0, 0.1) is 0 Å². The topological polar surface area (TPSA) is 87.3 Å². The minimum atomic E-state index is -0.127. The van der Waals surface area contributed by atoms with Gasteiger partial charge in [-0.25, -0.2) is 9.97 Å². The molecule has 0 aliphatic carbocycles. The predicted octanol–water partition coefficient (Wildman–Crippen LogP) is 3.56. The predicted molar refractivity (Wildman–Crippen MR) is 103 cm³/mol. The van der Waals surface area contributed by atoms with E-state index in [1.165, 1.54) is 17.3 Å². The van der Waals surface area contributed by atoms with Gasteiger partial charge in [0.15, 0.2) is 5.82 Å². The van der Waals surface area contributed by atoms with Crippen LogP contribution in [0.1, 0.15) is 18.3 Å². The van der Waals surface area contributed by atoms with Crippen molar-refractivity contribution in [3.8, 4) is 11.4 Å². The molecule has 0 amide bonds. The minimum Gasteiger partial charge on any atom is -0.309 e. The molecule has 2 N–H and O–H groups in total. The van der Waals surface area contributed by atoms with Crippen LogP contribution in [-0.4, -0.2) is 25.1 Å². The summed E-state index contributed by atoms with van der Waals surface area (Å²) in [6.07, 6.45) is 1.01. The zero-order valence-electron chi connectivity index (χ0n) is 14.2. The van der Waals surface area contributed by atoms with E-state index in [4.69, 9.17) is 0 Å². The van der Waals surface area contributed by atoms with E-state index in [2.05, 4.69) is 44.2 Å². The summed E-state index contributed by atoms with van der Waals surface area (Å²) in [6, 6.07) is 15.6. The summed E-state index contributed by atoms with van der Waals surface area (Å²) in [6.45, 7) is 2.13. The summed E-state index contributed by atoms with van der Waals surface area (Å²) in [7, 11) is 0. The molecule has 0 fully saturated rings. The van der Waals surface area contributed by atoms with Crippen LogP contribution in [0.25, 0.3) is 22.3 Å². The summed E-state index contributed by atoms with van der Waals surface area (Å²) in [5, 5.41) is 8.42. The van der Waals surface area contributed by atoms with Crippen molar-refractivity contribution in [3.05, 3.63) is 70.3 Å². The molecular weight excluding hydrogens is 346 g/mol. The SMILES string of the molecule is CCc1ccc(-c2nc(SCc3nc4ccccc4c(=O)[nH]3)n[nH]2)cc1. The van der Waals surface area contributed by atoms with Crippen LogP contribution in [0.4, 0.5) is 0 Å². The van der Waals surface area contributed by atoms with Gasteiger partial charge in [-0.3, -0.25) is 9.89 Å². The highest BCUT2D eigenvalue weighted by atomic mass is 32.2. The molecule has 0 aliphatic rings. The standard InChI is InChI=1S/C19H17N5OS/c1-2-12-7-9-13(10-8-12)17-22-19(24-23-17)26-11-16-20-15-6-4-3-5-14(15)18(25)21-16/h3-10H,2,11H2,1H3,(H,20,21,25)(H,22,23,24). The van der Waals surface area contributed by atoms with E-state index < -0.39 is 0 Å². The first kappa shape index (κ1) is 16.5. The Morgan fingerprint density at radius 2 is 1.85 bits per heavy atom. The molecule has 0 spiro atoms. The lowest BCUT2D eigenvalue weighted by Crippen LogP contribution is -2.11. The van der Waals surface area contributed by atoms with Crippen LogP contribution in [0.15, 0.2) is 58.5 Å². The highest BCUT2D eigenvalue weighted by Crippen LogP contribution is 2.22. The third-order valence-electron chi connectivity index (χ3n) is 4.10. The molecule has 0 aliphatic heterocycles. The van der Waals surface area contributed by atoms with Gasteiger partial charge in [0, 0.05) is 5.56 Å². The van der Waals surface area contributed by atoms with Gasteiger partial charge in [0.1, 0.15) is 5.82 Å². The Hall–Kier alpha value is -2.93. The number of fused-ring (bicyclic) bond motifs is 1. The number of aromatic nitrogens is 5. The van der Waals surface area contributed by atoms with Crippen molar-refractivity contribution in [2.24, 2.45) is 0 Å². The van der Waals surface area contributed by atoms with E-state index in [1.54, 1.807) is 6.07 Å². The molecular formula is C19H17N5OS. The van der Waals surface area contributed by atoms with Crippen LogP contribution >= 0.6 is 11.8 Å². The molecule has 2 aromatic heterocycles. The van der Waals surface area contributed by atoms with Crippen LogP contribution < -0.4 is 5.56 Å². The number of rotatable bonds is 5. The molecule has 2 aromatic carbocycles. The Balaban J connectivity index is 1.50. The maximum absolute atomic E-state index is 12.1. The van der Waals surface area contributed by atoms with Crippen LogP contribution in [0.2, 0.25) is 0 Å². The fraction of sp³-hybridized carbons (Fsp3) is 0.158. The lowest BCUT2D eigenvalue weighted by molar-refractivity contribution is 0.966. The molecule has 7 heteroatoms. The summed E-state index contributed by atoms with van der Waals surface area (Å²) in [5.74, 6) is 1.83. The first-order valence-electron chi connectivity index (χ1n) is 8.35. The van der Waals surface area contributed by atoms with Gasteiger partial charge in [0.25, 0.3) is 5.56 Å². The Morgan fingerprint density at radius 1 is 1.04 bits per heavy atom. The lowest BCUT2D eigenvalue weighted by atomic mass is 10.1. The van der Waals surface area contributed by atoms with E-state index in [-0.39, 0.29) is 5.56 Å². The number of H-pyrrole nitrogens is 2. The van der Waals surface area contributed by atoms with Gasteiger partial charge in [-0.15, -0.1) is 5.10 Å². The largest absolute Gasteiger partial charge is 0.309 e. The van der Waals surface area contributed by atoms with Gasteiger partial charge in [0.05, 0.1) is 16.7 Å². The Morgan fingerprint density at radius 3 is 2.65 bits per heavy atom. The smallest absolute Gasteiger partial charge is 0.258 e. The molecule has 0 saturated heterocycles. The van der Waals surface area contributed by atoms with E-state index >= 15 is 0 Å². The molecule has 4 aromatic rings. The monoisotopic (exact) mass is 363 g/mol. The minimum absolute atomic E-state index is 0.127. The Bertz CT molecular complexity index is 1100. The Kier molecular flexibility index (Phi) is 4.53. The second-order valence-electron chi connectivity index (χ2n) is 5.84. The number of nitrogens with one attached hydrogen (secondary N) is 2. The van der Waals surface area contributed by atoms with Gasteiger partial charge in [0.2, 0.25) is 5.16 Å². The Labute approximate surface area is 154 Å². The zero-order chi connectivity index (χ0) is 17.9. The lowest BCUT2D eigenvalue weighted by Gasteiger charge is -2.01. The number of hydrogen-bond donors (Lipinski definition) is 2. The highest BCUT2D eigenvalue weighted by Gasteiger charge is 2.09. The molecule has 0 atom stereocenters. The fourth-order valence-electron chi connectivity index (χ4n) is 2.67. The number of aromatic amines is 2. The van der Waals surface area contributed by atoms with Gasteiger partial charge in [-0.05, 0) is 24.1 Å². The molecule has 0 unspecified atom stereocenters. The zero-order valence-corrected chi connectivity index (χ0v) is 15.0. The van der Waals surface area contributed by atoms with E-state index in [9.17, 15) is 4.79 Å². The third kappa shape index (κ3) is 3.39. The number of thioether (sulfide) groups is 1. The van der Waals surface area contributed by atoms with Crippen molar-refractivity contribution in [2.45, 2.75) is 24.3 Å². The molecule has 26 heavy (non-hydrogen) atoms. The number of nitrogens with zero attached hydrogens (tertiary/aromatic N) is 3. The molecule has 2 heterocycles. The highest BCUT2D eigenvalue weighted by molar-refractivity contribution is 7.98. The van der Waals surface area contributed by atoms with Crippen molar-refractivity contribution in [1.29, 1.82) is 0 Å². The summed E-state index contributed by atoms with van der Waals surface area (Å²) < 4.78 is 0. The fourth-order valence-corrected chi connectivity index (χ4v) is 3.34. The van der Waals surface area contributed by atoms with Gasteiger partial charge in [-0.2, -0.15) is 0 Å². The van der Waals surface area contributed by atoms with E-state index in [0.29, 0.717) is 27.6 Å². The average Bonchev–Trinajstić information content (AvgIpc) is 3.15. The average molecular weight is 363 g/mol. The number of para-hydroxylation sites is 1. The van der Waals surface area contributed by atoms with Crippen molar-refractivity contribution < 1.29 is 0 Å². The third-order valence-corrected chi connectivity index (χ3v) is 4.96. The van der Waals surface area contributed by atoms with Crippen molar-refractivity contribution in [3.63, 3.8) is 0 Å². The summed E-state index contributed by atoms with van der Waals surface area (Å²) >= 11 is 1.43. The van der Waals surface area contributed by atoms with Crippen molar-refractivity contribution in [2.75, 3.05) is 0 Å². The van der Waals surface area contributed by atoms with E-state index in [0.717, 1.165) is 17.8 Å². The number of benzene rings is 2. The van der Waals surface area contributed by atoms with Crippen molar-refractivity contribution in [1.82, 2.24) is 25.1 Å². The molecule has 6 nitrogen and oxygen atoms in total. The van der Waals surface area contributed by atoms with Gasteiger partial charge in [-0.1, -0.05) is 55.1 Å². The van der Waals surface area contributed by atoms with E-state index in [1.807, 2.05) is 30.3 Å². The van der Waals surface area contributed by atoms with Crippen LogP contribution in [0.3, 0.4) is 0 Å². The van der Waals surface area contributed by atoms with Gasteiger partial charge >= 0.3 is 0 Å². The second-order valence-corrected chi connectivity index (χ2v) is 6.78. The van der Waals surface area contributed by atoms with Crippen molar-refractivity contribution >= 4 is 22.7 Å². The second kappa shape index (κ2) is 7.13. The summed E-state index contributed by atoms with van der Waals surface area (Å²) in [5.41, 5.74) is 2.85. The number of hydrogen-bond acceptors (Lipinski definition) is 5. The first-order chi connectivity index (χ1) is 12.7. The molecule has 0 bridgehead atoms. The van der Waals surface area contributed by atoms with Gasteiger partial charge < -0.3 is 4.98 Å². The summed E-state index contributed by atoms with van der Waals surface area (Å²) in [4.78, 5) is 23.9. The molecule has 130 valence electrons. The normalized spacial score (nSPS) is 11.1. The maximum atomic E-state index is 12.1. The molecule has 0 radical (unpaired) electrons. The molecule has 0 saturated carbocycles. The molecule has 4 rings (SSSR count). The van der Waals surface area contributed by atoms with Crippen LogP contribution in [-0.2, 0) is 12.2 Å². The van der Waals surface area contributed by atoms with Crippen LogP contribution in [0.5, 0.6) is 0 Å².